The van der Waals surface area contributed by atoms with Crippen LogP contribution in [0.4, 0.5) is 4.79 Å². The quantitative estimate of drug-likeness (QED) is 0.464. The van der Waals surface area contributed by atoms with Gasteiger partial charge in [0.05, 0.1) is 6.61 Å². The molecule has 0 fully saturated rings. The molecule has 0 saturated carbocycles. The van der Waals surface area contributed by atoms with Gasteiger partial charge in [0.2, 0.25) is 0 Å². The molecule has 1 amide bonds. The van der Waals surface area contributed by atoms with Crippen LogP contribution in [0.2, 0.25) is 0 Å². The van der Waals surface area contributed by atoms with Crippen molar-refractivity contribution in [1.29, 1.82) is 0 Å². The lowest BCUT2D eigenvalue weighted by molar-refractivity contribution is -0.137. The van der Waals surface area contributed by atoms with Crippen LogP contribution in [-0.4, -0.2) is 25.2 Å². The van der Waals surface area contributed by atoms with E-state index in [4.69, 9.17) is 9.47 Å². The molecule has 19 heavy (non-hydrogen) atoms. The first-order valence-corrected chi connectivity index (χ1v) is 5.96. The molecule has 5 nitrogen and oxygen atoms in total. The van der Waals surface area contributed by atoms with E-state index in [2.05, 4.69) is 11.9 Å². The van der Waals surface area contributed by atoms with Gasteiger partial charge in [-0.2, -0.15) is 0 Å². The number of carbonyl (C=O) groups is 2. The maximum absolute atomic E-state index is 11.3. The van der Waals surface area contributed by atoms with Crippen molar-refractivity contribution < 1.29 is 19.1 Å². The molecular formula is C14H17NO4. The predicted molar refractivity (Wildman–Crippen MR) is 70.4 cm³/mol. The Morgan fingerprint density at radius 3 is 2.63 bits per heavy atom. The highest BCUT2D eigenvalue weighted by atomic mass is 16.5. The lowest BCUT2D eigenvalue weighted by atomic mass is 10.2. The fraction of sp³-hybridized carbons (Fsp3) is 0.286. The average Bonchev–Trinajstić information content (AvgIpc) is 2.45. The van der Waals surface area contributed by atoms with Crippen molar-refractivity contribution >= 4 is 12.1 Å². The first-order valence-electron chi connectivity index (χ1n) is 5.96. The maximum atomic E-state index is 11.3. The molecule has 0 spiro atoms. The van der Waals surface area contributed by atoms with Crippen molar-refractivity contribution in [3.8, 4) is 0 Å². The molecule has 0 saturated heterocycles. The summed E-state index contributed by atoms with van der Waals surface area (Å²) in [6, 6.07) is 9.41. The fourth-order valence-electron chi connectivity index (χ4n) is 1.27. The summed E-state index contributed by atoms with van der Waals surface area (Å²) >= 11 is 0. The molecule has 1 aromatic rings. The molecule has 1 aromatic carbocycles. The number of ether oxygens (including phenoxy) is 2. The monoisotopic (exact) mass is 263 g/mol. The number of carbonyl (C=O) groups excluding carboxylic acids is 2. The number of nitrogens with one attached hydrogen (secondary N) is 1. The molecule has 0 unspecified atom stereocenters. The number of alkyl carbamates (subject to hydrolysis) is 1. The summed E-state index contributed by atoms with van der Waals surface area (Å²) in [4.78, 5) is 22.0. The second-order valence-corrected chi connectivity index (χ2v) is 3.71. The zero-order valence-electron chi connectivity index (χ0n) is 10.6. The van der Waals surface area contributed by atoms with Crippen molar-refractivity contribution in [2.45, 2.75) is 13.0 Å². The fourth-order valence-corrected chi connectivity index (χ4v) is 1.27. The standard InChI is InChI=1S/C14H17NO4/c1-2-13(16)18-10-6-9-15-14(17)19-11-12-7-4-3-5-8-12/h2-5,7-8H,1,6,9-11H2,(H,15,17). The summed E-state index contributed by atoms with van der Waals surface area (Å²) in [5.74, 6) is -0.466. The molecule has 1 rings (SSSR count). The SMILES string of the molecule is C=CC(=O)OCCCNC(=O)OCc1ccccc1. The normalized spacial score (nSPS) is 9.47. The van der Waals surface area contributed by atoms with Crippen molar-refractivity contribution in [2.24, 2.45) is 0 Å². The Balaban J connectivity index is 2.05. The van der Waals surface area contributed by atoms with Crippen molar-refractivity contribution in [1.82, 2.24) is 5.32 Å². The maximum Gasteiger partial charge on any atom is 0.407 e. The minimum atomic E-state index is -0.487. The summed E-state index contributed by atoms with van der Waals surface area (Å²) < 4.78 is 9.76. The minimum Gasteiger partial charge on any atom is -0.462 e. The highest BCUT2D eigenvalue weighted by Gasteiger charge is 2.02. The summed E-state index contributed by atoms with van der Waals surface area (Å²) in [5, 5.41) is 2.57. The largest absolute Gasteiger partial charge is 0.462 e. The molecule has 0 atom stereocenters. The number of hydrogen-bond donors (Lipinski definition) is 1. The van der Waals surface area contributed by atoms with Gasteiger partial charge in [-0.15, -0.1) is 0 Å². The van der Waals surface area contributed by atoms with Crippen LogP contribution in [0.3, 0.4) is 0 Å². The third-order valence-electron chi connectivity index (χ3n) is 2.21. The Morgan fingerprint density at radius 1 is 1.21 bits per heavy atom. The summed E-state index contributed by atoms with van der Waals surface area (Å²) in [7, 11) is 0. The predicted octanol–water partition coefficient (Wildman–Crippen LogP) is 2.03. The number of hydrogen-bond acceptors (Lipinski definition) is 4. The molecule has 0 aliphatic rings. The van der Waals surface area contributed by atoms with Gasteiger partial charge in [-0.25, -0.2) is 9.59 Å². The molecule has 0 aliphatic carbocycles. The number of rotatable bonds is 7. The molecule has 0 aromatic heterocycles. The van der Waals surface area contributed by atoms with E-state index in [9.17, 15) is 9.59 Å². The van der Waals surface area contributed by atoms with Crippen molar-refractivity contribution in [3.63, 3.8) is 0 Å². The van der Waals surface area contributed by atoms with Gasteiger partial charge in [0, 0.05) is 12.6 Å². The third kappa shape index (κ3) is 6.88. The van der Waals surface area contributed by atoms with Gasteiger partial charge >= 0.3 is 12.1 Å². The molecule has 0 bridgehead atoms. The Kier molecular flexibility index (Phi) is 6.79. The van der Waals surface area contributed by atoms with Gasteiger partial charge in [0.25, 0.3) is 0 Å². The summed E-state index contributed by atoms with van der Waals surface area (Å²) in [6.07, 6.45) is 1.14. The van der Waals surface area contributed by atoms with Gasteiger partial charge < -0.3 is 14.8 Å². The van der Waals surface area contributed by atoms with Gasteiger partial charge in [0.1, 0.15) is 6.61 Å². The highest BCUT2D eigenvalue weighted by molar-refractivity contribution is 5.81. The topological polar surface area (TPSA) is 64.6 Å². The molecule has 102 valence electrons. The molecule has 0 heterocycles. The van der Waals surface area contributed by atoms with E-state index in [1.165, 1.54) is 0 Å². The van der Waals surface area contributed by atoms with E-state index in [-0.39, 0.29) is 13.2 Å². The number of amides is 1. The Labute approximate surface area is 112 Å². The van der Waals surface area contributed by atoms with Crippen LogP contribution < -0.4 is 5.32 Å². The average molecular weight is 263 g/mol. The van der Waals surface area contributed by atoms with Crippen molar-refractivity contribution in [2.75, 3.05) is 13.2 Å². The number of esters is 1. The lowest BCUT2D eigenvalue weighted by Gasteiger charge is -2.07. The van der Waals surface area contributed by atoms with Crippen LogP contribution in [0, 0.1) is 0 Å². The smallest absolute Gasteiger partial charge is 0.407 e. The molecule has 5 heteroatoms. The first kappa shape index (κ1) is 14.8. The Morgan fingerprint density at radius 2 is 1.95 bits per heavy atom. The van der Waals surface area contributed by atoms with Crippen LogP contribution >= 0.6 is 0 Å². The Hall–Kier alpha value is -2.30. The number of benzene rings is 1. The Bertz CT molecular complexity index is 417. The van der Waals surface area contributed by atoms with E-state index in [0.29, 0.717) is 13.0 Å². The first-order chi connectivity index (χ1) is 9.22. The van der Waals surface area contributed by atoms with Crippen LogP contribution in [0.5, 0.6) is 0 Å². The van der Waals surface area contributed by atoms with E-state index >= 15 is 0 Å². The van der Waals surface area contributed by atoms with Crippen LogP contribution in [0.15, 0.2) is 43.0 Å². The zero-order chi connectivity index (χ0) is 13.9. The summed E-state index contributed by atoms with van der Waals surface area (Å²) in [5.41, 5.74) is 0.928. The minimum absolute atomic E-state index is 0.234. The van der Waals surface area contributed by atoms with E-state index in [0.717, 1.165) is 11.6 Å². The summed E-state index contributed by atoms with van der Waals surface area (Å²) in [6.45, 7) is 4.14. The highest BCUT2D eigenvalue weighted by Crippen LogP contribution is 2.00. The van der Waals surface area contributed by atoms with Crippen LogP contribution in [0.25, 0.3) is 0 Å². The van der Waals surface area contributed by atoms with E-state index in [1.54, 1.807) is 0 Å². The second kappa shape index (κ2) is 8.74. The van der Waals surface area contributed by atoms with Crippen molar-refractivity contribution in [3.05, 3.63) is 48.6 Å². The van der Waals surface area contributed by atoms with Gasteiger partial charge in [0.15, 0.2) is 0 Å². The van der Waals surface area contributed by atoms with E-state index in [1.807, 2.05) is 30.3 Å². The van der Waals surface area contributed by atoms with Crippen LogP contribution in [-0.2, 0) is 20.9 Å². The van der Waals surface area contributed by atoms with Gasteiger partial charge in [-0.05, 0) is 12.0 Å². The second-order valence-electron chi connectivity index (χ2n) is 3.71. The molecule has 0 aliphatic heterocycles. The zero-order valence-corrected chi connectivity index (χ0v) is 10.6. The third-order valence-corrected chi connectivity index (χ3v) is 2.21. The van der Waals surface area contributed by atoms with E-state index < -0.39 is 12.1 Å². The molecular weight excluding hydrogens is 246 g/mol. The molecule has 0 radical (unpaired) electrons. The lowest BCUT2D eigenvalue weighted by Crippen LogP contribution is -2.26. The van der Waals surface area contributed by atoms with Gasteiger partial charge in [-0.3, -0.25) is 0 Å². The molecule has 1 N–H and O–H groups in total. The van der Waals surface area contributed by atoms with Crippen LogP contribution in [0.1, 0.15) is 12.0 Å². The van der Waals surface area contributed by atoms with Gasteiger partial charge in [-0.1, -0.05) is 36.9 Å².